The lowest BCUT2D eigenvalue weighted by Gasteiger charge is -2.23. The van der Waals surface area contributed by atoms with Gasteiger partial charge in [0.05, 0.1) is 6.10 Å². The van der Waals surface area contributed by atoms with E-state index in [0.717, 1.165) is 0 Å². The summed E-state index contributed by atoms with van der Waals surface area (Å²) in [6, 6.07) is 0. The number of rotatable bonds is 5. The largest absolute Gasteiger partial charge is 0.417 e. The maximum absolute atomic E-state index is 12.7. The van der Waals surface area contributed by atoms with E-state index in [9.17, 15) is 18.0 Å². The molecule has 2 unspecified atom stereocenters. The number of alkyl halides is 3. The lowest BCUT2D eigenvalue weighted by Crippen LogP contribution is -2.43. The first-order chi connectivity index (χ1) is 7.95. The van der Waals surface area contributed by atoms with E-state index < -0.39 is 30.6 Å². The Hall–Kier alpha value is -0.660. The first-order valence-corrected chi connectivity index (χ1v) is 5.25. The molecular formula is C10H15F3O4. The van der Waals surface area contributed by atoms with Crippen molar-refractivity contribution in [3.05, 3.63) is 0 Å². The third kappa shape index (κ3) is 3.17. The summed E-state index contributed by atoms with van der Waals surface area (Å²) in [4.78, 5) is 10.2. The van der Waals surface area contributed by atoms with Gasteiger partial charge in [-0.05, 0) is 6.42 Å². The molecule has 1 aliphatic rings. The molecule has 0 aromatic rings. The van der Waals surface area contributed by atoms with Gasteiger partial charge in [-0.2, -0.15) is 13.2 Å². The van der Waals surface area contributed by atoms with Crippen LogP contribution in [0.15, 0.2) is 0 Å². The Morgan fingerprint density at radius 3 is 2.41 bits per heavy atom. The Morgan fingerprint density at radius 1 is 1.35 bits per heavy atom. The zero-order valence-corrected chi connectivity index (χ0v) is 9.57. The number of carbonyl (C=O) groups excluding carboxylic acids is 1. The number of ether oxygens (including phenoxy) is 3. The van der Waals surface area contributed by atoms with Crippen molar-refractivity contribution in [2.24, 2.45) is 0 Å². The molecule has 0 amide bonds. The Kier molecular flexibility index (Phi) is 4.91. The van der Waals surface area contributed by atoms with Crippen molar-refractivity contribution in [2.45, 2.75) is 43.9 Å². The van der Waals surface area contributed by atoms with Gasteiger partial charge in [-0.15, -0.1) is 0 Å². The second kappa shape index (κ2) is 5.79. The van der Waals surface area contributed by atoms with Gasteiger partial charge in [-0.1, -0.05) is 6.92 Å². The van der Waals surface area contributed by atoms with Crippen LogP contribution in [0.3, 0.4) is 0 Å². The molecule has 1 fully saturated rings. The second-order valence-corrected chi connectivity index (χ2v) is 3.71. The predicted octanol–water partition coefficient (Wildman–Crippen LogP) is 1.33. The molecule has 4 atom stereocenters. The summed E-state index contributed by atoms with van der Waals surface area (Å²) < 4.78 is 52.8. The van der Waals surface area contributed by atoms with Crippen molar-refractivity contribution in [1.29, 1.82) is 0 Å². The number of carbonyl (C=O) groups is 1. The maximum atomic E-state index is 12.7. The van der Waals surface area contributed by atoms with Gasteiger partial charge < -0.3 is 19.0 Å². The Bertz CT molecular complexity index is 256. The molecule has 100 valence electrons. The van der Waals surface area contributed by atoms with Gasteiger partial charge in [-0.25, -0.2) is 0 Å². The highest BCUT2D eigenvalue weighted by molar-refractivity contribution is 5.50. The van der Waals surface area contributed by atoms with Crippen LogP contribution in [-0.4, -0.2) is 50.6 Å². The topological polar surface area (TPSA) is 44.8 Å². The summed E-state index contributed by atoms with van der Waals surface area (Å²) in [5.41, 5.74) is 0. The predicted molar refractivity (Wildman–Crippen MR) is 51.6 cm³/mol. The van der Waals surface area contributed by atoms with E-state index >= 15 is 0 Å². The highest BCUT2D eigenvalue weighted by Crippen LogP contribution is 2.37. The molecule has 0 bridgehead atoms. The first-order valence-electron chi connectivity index (χ1n) is 5.25. The third-order valence-corrected chi connectivity index (χ3v) is 2.66. The second-order valence-electron chi connectivity index (χ2n) is 3.71. The Balaban J connectivity index is 2.82. The zero-order valence-electron chi connectivity index (χ0n) is 9.57. The molecule has 4 nitrogen and oxygen atoms in total. The molecule has 0 aliphatic carbocycles. The van der Waals surface area contributed by atoms with Crippen molar-refractivity contribution >= 4 is 6.29 Å². The van der Waals surface area contributed by atoms with Gasteiger partial charge in [0, 0.05) is 7.11 Å². The number of aldehydes is 1. The van der Waals surface area contributed by atoms with Crippen LogP contribution in [0.2, 0.25) is 0 Å². The van der Waals surface area contributed by atoms with E-state index in [-0.39, 0.29) is 6.61 Å². The molecule has 0 spiro atoms. The van der Waals surface area contributed by atoms with Crippen LogP contribution in [0.4, 0.5) is 13.2 Å². The fraction of sp³-hybridized carbons (Fsp3) is 0.900. The van der Waals surface area contributed by atoms with Crippen LogP contribution >= 0.6 is 0 Å². The van der Waals surface area contributed by atoms with Crippen molar-refractivity contribution in [1.82, 2.24) is 0 Å². The van der Waals surface area contributed by atoms with Crippen molar-refractivity contribution in [3.63, 3.8) is 0 Å². The van der Waals surface area contributed by atoms with E-state index in [4.69, 9.17) is 14.2 Å². The van der Waals surface area contributed by atoms with E-state index in [1.54, 1.807) is 6.92 Å². The summed E-state index contributed by atoms with van der Waals surface area (Å²) in [6.07, 6.45) is -8.49. The van der Waals surface area contributed by atoms with Gasteiger partial charge in [0.2, 0.25) is 0 Å². The SMILES string of the molecule is CCC1O[C@@H](C(F)(F)F)C(OC)[C@H]1OCC=O. The highest BCUT2D eigenvalue weighted by atomic mass is 19.4. The lowest BCUT2D eigenvalue weighted by atomic mass is 10.1. The van der Waals surface area contributed by atoms with Crippen LogP contribution in [0.5, 0.6) is 0 Å². The summed E-state index contributed by atoms with van der Waals surface area (Å²) in [5, 5.41) is 0. The first kappa shape index (κ1) is 14.4. The summed E-state index contributed by atoms with van der Waals surface area (Å²) in [5.74, 6) is 0. The smallest absolute Gasteiger partial charge is 0.376 e. The minimum atomic E-state index is -4.51. The molecule has 0 aromatic heterocycles. The maximum Gasteiger partial charge on any atom is 0.417 e. The summed E-state index contributed by atoms with van der Waals surface area (Å²) in [6.45, 7) is 1.42. The molecule has 1 aliphatic heterocycles. The third-order valence-electron chi connectivity index (χ3n) is 2.66. The summed E-state index contributed by atoms with van der Waals surface area (Å²) >= 11 is 0. The molecule has 0 N–H and O–H groups in total. The average Bonchev–Trinajstić information content (AvgIpc) is 2.63. The average molecular weight is 256 g/mol. The van der Waals surface area contributed by atoms with Gasteiger partial charge in [-0.3, -0.25) is 0 Å². The standard InChI is InChI=1S/C10H15F3O4/c1-3-6-7(16-5-4-14)8(15-2)9(17-6)10(11,12)13/h4,6-9H,3,5H2,1-2H3/t6?,7-,8?,9+/m0/s1. The fourth-order valence-corrected chi connectivity index (χ4v) is 1.93. The van der Waals surface area contributed by atoms with Crippen LogP contribution in [-0.2, 0) is 19.0 Å². The van der Waals surface area contributed by atoms with E-state index in [2.05, 4.69) is 0 Å². The van der Waals surface area contributed by atoms with Crippen LogP contribution in [0, 0.1) is 0 Å². The molecule has 0 saturated carbocycles. The number of methoxy groups -OCH3 is 1. The van der Waals surface area contributed by atoms with Gasteiger partial charge >= 0.3 is 6.18 Å². The van der Waals surface area contributed by atoms with Crippen LogP contribution < -0.4 is 0 Å². The quantitative estimate of drug-likeness (QED) is 0.696. The molecule has 7 heteroatoms. The molecule has 1 heterocycles. The lowest BCUT2D eigenvalue weighted by molar-refractivity contribution is -0.234. The number of hydrogen-bond donors (Lipinski definition) is 0. The Morgan fingerprint density at radius 2 is 2.00 bits per heavy atom. The molecular weight excluding hydrogens is 241 g/mol. The van der Waals surface area contributed by atoms with Crippen LogP contribution in [0.25, 0.3) is 0 Å². The molecule has 0 radical (unpaired) electrons. The molecule has 17 heavy (non-hydrogen) atoms. The minimum Gasteiger partial charge on any atom is -0.376 e. The van der Waals surface area contributed by atoms with E-state index in [0.29, 0.717) is 12.7 Å². The minimum absolute atomic E-state index is 0.269. The monoisotopic (exact) mass is 256 g/mol. The van der Waals surface area contributed by atoms with Crippen molar-refractivity contribution < 1.29 is 32.2 Å². The fourth-order valence-electron chi connectivity index (χ4n) is 1.93. The highest BCUT2D eigenvalue weighted by Gasteiger charge is 2.57. The van der Waals surface area contributed by atoms with Gasteiger partial charge in [0.1, 0.15) is 25.1 Å². The number of halogens is 3. The molecule has 1 rings (SSSR count). The Labute approximate surface area is 97.0 Å². The normalized spacial score (nSPS) is 33.9. The molecule has 1 saturated heterocycles. The molecule has 0 aromatic carbocycles. The summed E-state index contributed by atoms with van der Waals surface area (Å²) in [7, 11) is 1.17. The van der Waals surface area contributed by atoms with E-state index in [1.807, 2.05) is 0 Å². The number of hydrogen-bond acceptors (Lipinski definition) is 4. The van der Waals surface area contributed by atoms with Crippen LogP contribution in [0.1, 0.15) is 13.3 Å². The van der Waals surface area contributed by atoms with Crippen molar-refractivity contribution in [3.8, 4) is 0 Å². The van der Waals surface area contributed by atoms with Gasteiger partial charge in [0.15, 0.2) is 6.10 Å². The van der Waals surface area contributed by atoms with E-state index in [1.165, 1.54) is 7.11 Å². The van der Waals surface area contributed by atoms with Gasteiger partial charge in [0.25, 0.3) is 0 Å². The zero-order chi connectivity index (χ0) is 13.1. The van der Waals surface area contributed by atoms with Crippen molar-refractivity contribution in [2.75, 3.05) is 13.7 Å².